The lowest BCUT2D eigenvalue weighted by Gasteiger charge is -2.30. The third-order valence-corrected chi connectivity index (χ3v) is 3.42. The minimum absolute atomic E-state index is 0.0340. The summed E-state index contributed by atoms with van der Waals surface area (Å²) in [6, 6.07) is 7.09. The van der Waals surface area contributed by atoms with E-state index in [0.717, 1.165) is 11.3 Å². The van der Waals surface area contributed by atoms with Crippen LogP contribution < -0.4 is 10.1 Å². The van der Waals surface area contributed by atoms with Crippen molar-refractivity contribution < 1.29 is 14.3 Å². The number of rotatable bonds is 7. The number of benzene rings is 1. The van der Waals surface area contributed by atoms with Gasteiger partial charge in [0.05, 0.1) is 7.11 Å². The van der Waals surface area contributed by atoms with Gasteiger partial charge in [0.25, 0.3) is 0 Å². The molecule has 1 aromatic carbocycles. The van der Waals surface area contributed by atoms with Crippen LogP contribution >= 0.6 is 0 Å². The van der Waals surface area contributed by atoms with Crippen molar-refractivity contribution in [1.82, 2.24) is 10.2 Å². The number of hydrogen-bond donors (Lipinski definition) is 1. The van der Waals surface area contributed by atoms with Gasteiger partial charge in [0, 0.05) is 20.0 Å². The number of likely N-dealkylation sites (N-methyl/N-ethyl adjacent to an activating group) is 1. The highest BCUT2D eigenvalue weighted by Crippen LogP contribution is 2.17. The number of ether oxygens (including phenoxy) is 1. The molecule has 0 saturated carbocycles. The lowest BCUT2D eigenvalue weighted by molar-refractivity contribution is -0.141. The van der Waals surface area contributed by atoms with Gasteiger partial charge in [0.15, 0.2) is 0 Å². The predicted octanol–water partition coefficient (Wildman–Crippen LogP) is 1.96. The summed E-state index contributed by atoms with van der Waals surface area (Å²) in [6.07, 6.45) is 0.951. The monoisotopic (exact) mass is 292 g/mol. The molecule has 1 aromatic rings. The zero-order valence-corrected chi connectivity index (χ0v) is 13.2. The lowest BCUT2D eigenvalue weighted by atomic mass is 10.1. The van der Waals surface area contributed by atoms with Gasteiger partial charge >= 0.3 is 0 Å². The number of carbonyl (C=O) groups excluding carboxylic acids is 2. The van der Waals surface area contributed by atoms with Crippen molar-refractivity contribution in [2.24, 2.45) is 0 Å². The molecule has 5 heteroatoms. The first kappa shape index (κ1) is 17.0. The molecule has 0 saturated heterocycles. The molecule has 0 radical (unpaired) electrons. The molecule has 2 amide bonds. The highest BCUT2D eigenvalue weighted by atomic mass is 16.5. The van der Waals surface area contributed by atoms with E-state index in [0.29, 0.717) is 19.4 Å². The van der Waals surface area contributed by atoms with Crippen LogP contribution in [0.3, 0.4) is 0 Å². The summed E-state index contributed by atoms with van der Waals surface area (Å²) in [5.41, 5.74) is 0.943. The van der Waals surface area contributed by atoms with E-state index in [-0.39, 0.29) is 11.8 Å². The second kappa shape index (κ2) is 8.29. The van der Waals surface area contributed by atoms with Crippen LogP contribution in [0.1, 0.15) is 32.3 Å². The molecule has 1 rings (SSSR count). The average molecular weight is 292 g/mol. The van der Waals surface area contributed by atoms with E-state index < -0.39 is 6.04 Å². The van der Waals surface area contributed by atoms with E-state index in [1.54, 1.807) is 26.0 Å². The van der Waals surface area contributed by atoms with Gasteiger partial charge in [0.1, 0.15) is 11.8 Å². The standard InChI is InChI=1S/C16H24N2O3/c1-5-14(16(20)17-3)18(15(19)6-2)11-12-8-7-9-13(10-12)21-4/h7-10,14H,5-6,11H2,1-4H3,(H,17,20)/t14-/m0/s1. The van der Waals surface area contributed by atoms with Crippen LogP contribution in [0.25, 0.3) is 0 Å². The van der Waals surface area contributed by atoms with Crippen molar-refractivity contribution in [1.29, 1.82) is 0 Å². The van der Waals surface area contributed by atoms with Crippen molar-refractivity contribution in [2.45, 2.75) is 39.3 Å². The lowest BCUT2D eigenvalue weighted by Crippen LogP contribution is -2.48. The van der Waals surface area contributed by atoms with Crippen molar-refractivity contribution in [3.05, 3.63) is 29.8 Å². The van der Waals surface area contributed by atoms with Crippen molar-refractivity contribution >= 4 is 11.8 Å². The molecular formula is C16H24N2O3. The normalized spacial score (nSPS) is 11.6. The summed E-state index contributed by atoms with van der Waals surface area (Å²) in [6.45, 7) is 4.11. The van der Waals surface area contributed by atoms with E-state index in [1.165, 1.54) is 0 Å². The molecular weight excluding hydrogens is 268 g/mol. The molecule has 0 spiro atoms. The van der Waals surface area contributed by atoms with Gasteiger partial charge in [-0.1, -0.05) is 26.0 Å². The number of carbonyl (C=O) groups is 2. The quantitative estimate of drug-likeness (QED) is 0.835. The molecule has 1 N–H and O–H groups in total. The zero-order chi connectivity index (χ0) is 15.8. The maximum Gasteiger partial charge on any atom is 0.242 e. The Kier molecular flexibility index (Phi) is 6.72. The van der Waals surface area contributed by atoms with Crippen molar-refractivity contribution in [2.75, 3.05) is 14.2 Å². The van der Waals surface area contributed by atoms with E-state index in [1.807, 2.05) is 31.2 Å². The minimum Gasteiger partial charge on any atom is -0.497 e. The first-order chi connectivity index (χ1) is 10.1. The van der Waals surface area contributed by atoms with Crippen molar-refractivity contribution in [3.63, 3.8) is 0 Å². The van der Waals surface area contributed by atoms with Crippen LogP contribution in [0, 0.1) is 0 Å². The van der Waals surface area contributed by atoms with Gasteiger partial charge in [-0.05, 0) is 24.1 Å². The molecule has 0 aliphatic heterocycles. The minimum atomic E-state index is -0.450. The Labute approximate surface area is 126 Å². The Morgan fingerprint density at radius 3 is 2.57 bits per heavy atom. The van der Waals surface area contributed by atoms with E-state index in [9.17, 15) is 9.59 Å². The molecule has 1 atom stereocenters. The first-order valence-corrected chi connectivity index (χ1v) is 7.21. The highest BCUT2D eigenvalue weighted by molar-refractivity contribution is 5.87. The molecule has 0 bridgehead atoms. The van der Waals surface area contributed by atoms with Gasteiger partial charge in [-0.25, -0.2) is 0 Å². The van der Waals surface area contributed by atoms with E-state index >= 15 is 0 Å². The third kappa shape index (κ3) is 4.48. The molecule has 0 unspecified atom stereocenters. The largest absolute Gasteiger partial charge is 0.497 e. The fraction of sp³-hybridized carbons (Fsp3) is 0.500. The van der Waals surface area contributed by atoms with Crippen LogP contribution in [-0.4, -0.2) is 36.9 Å². The van der Waals surface area contributed by atoms with Crippen LogP contribution in [0.5, 0.6) is 5.75 Å². The second-order valence-corrected chi connectivity index (χ2v) is 4.77. The second-order valence-electron chi connectivity index (χ2n) is 4.77. The predicted molar refractivity (Wildman–Crippen MR) is 82.0 cm³/mol. The van der Waals surface area contributed by atoms with Crippen LogP contribution in [0.4, 0.5) is 0 Å². The number of nitrogens with zero attached hydrogens (tertiary/aromatic N) is 1. The summed E-state index contributed by atoms with van der Waals surface area (Å²) in [7, 11) is 3.19. The van der Waals surface area contributed by atoms with Crippen molar-refractivity contribution in [3.8, 4) is 5.75 Å². The van der Waals surface area contributed by atoms with Gasteiger partial charge in [-0.3, -0.25) is 9.59 Å². The zero-order valence-electron chi connectivity index (χ0n) is 13.2. The Hall–Kier alpha value is -2.04. The number of amides is 2. The molecule has 116 valence electrons. The maximum absolute atomic E-state index is 12.2. The molecule has 21 heavy (non-hydrogen) atoms. The topological polar surface area (TPSA) is 58.6 Å². The summed E-state index contributed by atoms with van der Waals surface area (Å²) in [5.74, 6) is 0.569. The Balaban J connectivity index is 3.01. The fourth-order valence-electron chi connectivity index (χ4n) is 2.26. The van der Waals surface area contributed by atoms with Gasteiger partial charge in [-0.15, -0.1) is 0 Å². The molecule has 0 aromatic heterocycles. The molecule has 0 aliphatic rings. The number of hydrogen-bond acceptors (Lipinski definition) is 3. The molecule has 0 fully saturated rings. The number of methoxy groups -OCH3 is 1. The average Bonchev–Trinajstić information content (AvgIpc) is 2.53. The Morgan fingerprint density at radius 2 is 2.05 bits per heavy atom. The summed E-state index contributed by atoms with van der Waals surface area (Å²) in [4.78, 5) is 25.8. The first-order valence-electron chi connectivity index (χ1n) is 7.21. The summed E-state index contributed by atoms with van der Waals surface area (Å²) in [5, 5.41) is 2.63. The van der Waals surface area contributed by atoms with Crippen LogP contribution in [0.2, 0.25) is 0 Å². The third-order valence-electron chi connectivity index (χ3n) is 3.42. The molecule has 0 aliphatic carbocycles. The summed E-state index contributed by atoms with van der Waals surface area (Å²) >= 11 is 0. The van der Waals surface area contributed by atoms with Crippen LogP contribution in [-0.2, 0) is 16.1 Å². The smallest absolute Gasteiger partial charge is 0.242 e. The van der Waals surface area contributed by atoms with E-state index in [2.05, 4.69) is 5.32 Å². The molecule has 5 nitrogen and oxygen atoms in total. The molecule has 0 heterocycles. The number of nitrogens with one attached hydrogen (secondary N) is 1. The van der Waals surface area contributed by atoms with Gasteiger partial charge in [-0.2, -0.15) is 0 Å². The van der Waals surface area contributed by atoms with Gasteiger partial charge in [0.2, 0.25) is 11.8 Å². The maximum atomic E-state index is 12.2. The van der Waals surface area contributed by atoms with Crippen LogP contribution in [0.15, 0.2) is 24.3 Å². The van der Waals surface area contributed by atoms with Gasteiger partial charge < -0.3 is 15.0 Å². The van der Waals surface area contributed by atoms with E-state index in [4.69, 9.17) is 4.74 Å². The Morgan fingerprint density at radius 1 is 1.33 bits per heavy atom. The summed E-state index contributed by atoms with van der Waals surface area (Å²) < 4.78 is 5.20. The SMILES string of the molecule is CCC(=O)N(Cc1cccc(OC)c1)[C@@H](CC)C(=O)NC. The highest BCUT2D eigenvalue weighted by Gasteiger charge is 2.26. The Bertz CT molecular complexity index is 488. The fourth-order valence-corrected chi connectivity index (χ4v) is 2.26.